The predicted molar refractivity (Wildman–Crippen MR) is 89.6 cm³/mol. The topological polar surface area (TPSA) is 77.4 Å². The second-order valence-electron chi connectivity index (χ2n) is 5.83. The van der Waals surface area contributed by atoms with Gasteiger partial charge >= 0.3 is 12.1 Å². The van der Waals surface area contributed by atoms with Crippen molar-refractivity contribution in [2.24, 2.45) is 0 Å². The highest BCUT2D eigenvalue weighted by Crippen LogP contribution is 2.28. The summed E-state index contributed by atoms with van der Waals surface area (Å²) in [5, 5.41) is 2.45. The second kappa shape index (κ2) is 8.68. The Labute approximate surface area is 156 Å². The number of benzene rings is 1. The van der Waals surface area contributed by atoms with Crippen LogP contribution in [0.2, 0.25) is 0 Å². The Balaban J connectivity index is 2.20. The van der Waals surface area contributed by atoms with E-state index in [1.807, 2.05) is 0 Å². The maximum Gasteiger partial charge on any atom is 0.417 e. The Morgan fingerprint density at radius 2 is 1.79 bits per heavy atom. The van der Waals surface area contributed by atoms with Crippen molar-refractivity contribution in [3.05, 3.63) is 69.9 Å². The van der Waals surface area contributed by atoms with Gasteiger partial charge in [-0.1, -0.05) is 12.1 Å². The third kappa shape index (κ3) is 5.66. The van der Waals surface area contributed by atoms with Gasteiger partial charge in [-0.15, -0.1) is 0 Å². The fourth-order valence-electron chi connectivity index (χ4n) is 2.41. The van der Waals surface area contributed by atoms with Crippen molar-refractivity contribution in [1.82, 2.24) is 9.88 Å². The minimum Gasteiger partial charge on any atom is -0.469 e. The lowest BCUT2D eigenvalue weighted by atomic mass is 10.0. The Morgan fingerprint density at radius 3 is 2.36 bits per heavy atom. The van der Waals surface area contributed by atoms with Crippen LogP contribution in [0.3, 0.4) is 0 Å². The van der Waals surface area contributed by atoms with E-state index in [4.69, 9.17) is 0 Å². The van der Waals surface area contributed by atoms with Crippen LogP contribution in [0.15, 0.2) is 47.4 Å². The number of nitrogens with one attached hydrogen (secondary N) is 1. The van der Waals surface area contributed by atoms with Crippen LogP contribution in [0.1, 0.15) is 23.6 Å². The molecule has 1 aromatic heterocycles. The van der Waals surface area contributed by atoms with E-state index in [9.17, 15) is 31.9 Å². The van der Waals surface area contributed by atoms with E-state index < -0.39 is 47.6 Å². The molecule has 0 aliphatic rings. The molecule has 2 aromatic rings. The van der Waals surface area contributed by atoms with Gasteiger partial charge in [0.2, 0.25) is 5.91 Å². The Bertz CT molecular complexity index is 907. The van der Waals surface area contributed by atoms with E-state index in [1.165, 1.54) is 12.1 Å². The number of halogens is 4. The lowest BCUT2D eigenvalue weighted by Gasteiger charge is -2.19. The van der Waals surface area contributed by atoms with Gasteiger partial charge in [-0.25, -0.2) is 4.39 Å². The molecule has 0 saturated heterocycles. The first kappa shape index (κ1) is 21.1. The summed E-state index contributed by atoms with van der Waals surface area (Å²) in [6.07, 6.45) is -4.42. The van der Waals surface area contributed by atoms with E-state index in [1.54, 1.807) is 0 Å². The summed E-state index contributed by atoms with van der Waals surface area (Å²) in [5.41, 5.74) is -1.49. The van der Waals surface area contributed by atoms with Crippen LogP contribution in [-0.4, -0.2) is 23.6 Å². The Kier molecular flexibility index (Phi) is 6.55. The van der Waals surface area contributed by atoms with Gasteiger partial charge in [0, 0.05) is 12.3 Å². The number of esters is 1. The summed E-state index contributed by atoms with van der Waals surface area (Å²) in [6, 6.07) is 5.37. The maximum atomic E-state index is 13.1. The van der Waals surface area contributed by atoms with Crippen LogP contribution in [0.5, 0.6) is 0 Å². The molecule has 2 rings (SSSR count). The number of nitrogens with zero attached hydrogens (tertiary/aromatic N) is 1. The van der Waals surface area contributed by atoms with Crippen LogP contribution in [-0.2, 0) is 27.0 Å². The first-order chi connectivity index (χ1) is 13.1. The van der Waals surface area contributed by atoms with Gasteiger partial charge in [-0.2, -0.15) is 13.2 Å². The minimum absolute atomic E-state index is 0.286. The fourth-order valence-corrected chi connectivity index (χ4v) is 2.41. The quantitative estimate of drug-likeness (QED) is 0.597. The SMILES string of the molecule is COC(=O)CC(NC(=O)Cn1cc(C(F)(F)F)ccc1=O)c1ccc(F)cc1. The smallest absolute Gasteiger partial charge is 0.417 e. The molecular weight excluding hydrogens is 384 g/mol. The molecule has 0 bridgehead atoms. The molecule has 1 amide bonds. The molecule has 0 spiro atoms. The Morgan fingerprint density at radius 1 is 1.14 bits per heavy atom. The van der Waals surface area contributed by atoms with Crippen molar-refractivity contribution in [3.63, 3.8) is 0 Å². The summed E-state index contributed by atoms with van der Waals surface area (Å²) in [7, 11) is 1.15. The number of ether oxygens (including phenoxy) is 1. The molecule has 150 valence electrons. The summed E-state index contributed by atoms with van der Waals surface area (Å²) in [4.78, 5) is 35.6. The molecule has 0 aliphatic heterocycles. The number of hydrogen-bond acceptors (Lipinski definition) is 4. The molecule has 1 aromatic carbocycles. The van der Waals surface area contributed by atoms with E-state index in [2.05, 4.69) is 10.1 Å². The van der Waals surface area contributed by atoms with Crippen molar-refractivity contribution in [2.75, 3.05) is 7.11 Å². The predicted octanol–water partition coefficient (Wildman–Crippen LogP) is 2.43. The summed E-state index contributed by atoms with van der Waals surface area (Å²) >= 11 is 0. The first-order valence-electron chi connectivity index (χ1n) is 7.99. The molecule has 1 unspecified atom stereocenters. The van der Waals surface area contributed by atoms with Crippen molar-refractivity contribution >= 4 is 11.9 Å². The molecule has 0 saturated carbocycles. The van der Waals surface area contributed by atoms with Gasteiger partial charge < -0.3 is 14.6 Å². The summed E-state index contributed by atoms with van der Waals surface area (Å²) in [5.74, 6) is -1.99. The first-order valence-corrected chi connectivity index (χ1v) is 7.99. The van der Waals surface area contributed by atoms with E-state index >= 15 is 0 Å². The standard InChI is InChI=1S/C18H16F4N2O4/c1-28-17(27)8-14(11-2-5-13(19)6-3-11)23-15(25)10-24-9-12(18(20,21)22)4-7-16(24)26/h2-7,9,14H,8,10H2,1H3,(H,23,25). The number of alkyl halides is 3. The molecule has 6 nitrogen and oxygen atoms in total. The third-order valence-electron chi connectivity index (χ3n) is 3.83. The zero-order chi connectivity index (χ0) is 20.9. The monoisotopic (exact) mass is 400 g/mol. The number of rotatable bonds is 6. The van der Waals surface area contributed by atoms with Crippen molar-refractivity contribution in [1.29, 1.82) is 0 Å². The maximum absolute atomic E-state index is 13.1. The lowest BCUT2D eigenvalue weighted by Crippen LogP contribution is -2.35. The van der Waals surface area contributed by atoms with Crippen molar-refractivity contribution in [2.45, 2.75) is 25.2 Å². The van der Waals surface area contributed by atoms with Gasteiger partial charge in [0.05, 0.1) is 25.1 Å². The number of aromatic nitrogens is 1. The number of pyridine rings is 1. The van der Waals surface area contributed by atoms with Crippen LogP contribution in [0.4, 0.5) is 17.6 Å². The Hall–Kier alpha value is -3.17. The van der Waals surface area contributed by atoms with Crippen LogP contribution >= 0.6 is 0 Å². The molecule has 0 fully saturated rings. The molecule has 1 atom stereocenters. The van der Waals surface area contributed by atoms with E-state index in [0.717, 1.165) is 19.2 Å². The molecule has 28 heavy (non-hydrogen) atoms. The van der Waals surface area contributed by atoms with E-state index in [-0.39, 0.29) is 6.42 Å². The largest absolute Gasteiger partial charge is 0.469 e. The highest BCUT2D eigenvalue weighted by atomic mass is 19.4. The zero-order valence-electron chi connectivity index (χ0n) is 14.6. The lowest BCUT2D eigenvalue weighted by molar-refractivity contribution is -0.141. The normalized spacial score (nSPS) is 12.3. The fraction of sp³-hybridized carbons (Fsp3) is 0.278. The molecule has 1 heterocycles. The minimum atomic E-state index is -4.67. The van der Waals surface area contributed by atoms with E-state index in [0.29, 0.717) is 28.5 Å². The molecule has 1 N–H and O–H groups in total. The number of carbonyl (C=O) groups is 2. The van der Waals surface area contributed by atoms with Crippen LogP contribution in [0.25, 0.3) is 0 Å². The molecule has 0 aliphatic carbocycles. The second-order valence-corrected chi connectivity index (χ2v) is 5.83. The van der Waals surface area contributed by atoms with Gasteiger partial charge in [-0.05, 0) is 23.8 Å². The average molecular weight is 400 g/mol. The number of amides is 1. The highest BCUT2D eigenvalue weighted by Gasteiger charge is 2.31. The van der Waals surface area contributed by atoms with Gasteiger partial charge in [-0.3, -0.25) is 14.4 Å². The third-order valence-corrected chi connectivity index (χ3v) is 3.83. The van der Waals surface area contributed by atoms with Crippen LogP contribution < -0.4 is 10.9 Å². The number of carbonyl (C=O) groups excluding carboxylic acids is 2. The summed E-state index contributed by atoms with van der Waals surface area (Å²) in [6.45, 7) is -0.693. The number of hydrogen-bond donors (Lipinski definition) is 1. The molecular formula is C18H16F4N2O4. The van der Waals surface area contributed by atoms with Gasteiger partial charge in [0.15, 0.2) is 0 Å². The van der Waals surface area contributed by atoms with Gasteiger partial charge in [0.25, 0.3) is 5.56 Å². The zero-order valence-corrected chi connectivity index (χ0v) is 14.6. The van der Waals surface area contributed by atoms with Crippen LogP contribution in [0, 0.1) is 5.82 Å². The molecule has 10 heteroatoms. The molecule has 0 radical (unpaired) electrons. The van der Waals surface area contributed by atoms with Crippen molar-refractivity contribution in [3.8, 4) is 0 Å². The van der Waals surface area contributed by atoms with Crippen molar-refractivity contribution < 1.29 is 31.9 Å². The highest BCUT2D eigenvalue weighted by molar-refractivity contribution is 5.78. The van der Waals surface area contributed by atoms with Gasteiger partial charge in [0.1, 0.15) is 12.4 Å². The average Bonchev–Trinajstić information content (AvgIpc) is 2.62. The summed E-state index contributed by atoms with van der Waals surface area (Å²) < 4.78 is 56.6. The number of methoxy groups -OCH3 is 1.